The Morgan fingerprint density at radius 3 is 2.35 bits per heavy atom. The highest BCUT2D eigenvalue weighted by atomic mass is 16.5. The largest absolute Gasteiger partial charge is 0.466 e. The molecule has 1 aromatic rings. The minimum Gasteiger partial charge on any atom is -0.466 e. The molecule has 0 aromatic heterocycles. The molecular formula is C18H28N2O3. The van der Waals surface area contributed by atoms with E-state index in [0.717, 1.165) is 24.8 Å². The summed E-state index contributed by atoms with van der Waals surface area (Å²) in [6.07, 6.45) is 3.00. The average molecular weight is 320 g/mol. The van der Waals surface area contributed by atoms with E-state index in [1.807, 2.05) is 13.8 Å². The maximum Gasteiger partial charge on any atom is 0.315 e. The van der Waals surface area contributed by atoms with E-state index in [4.69, 9.17) is 4.74 Å². The predicted octanol–water partition coefficient (Wildman–Crippen LogP) is 3.23. The summed E-state index contributed by atoms with van der Waals surface area (Å²) in [6, 6.07) is 6.10. The molecule has 1 aromatic carbocycles. The van der Waals surface area contributed by atoms with E-state index in [0.29, 0.717) is 26.1 Å². The van der Waals surface area contributed by atoms with Gasteiger partial charge in [-0.2, -0.15) is 0 Å². The molecule has 0 fully saturated rings. The van der Waals surface area contributed by atoms with Crippen molar-refractivity contribution in [1.82, 2.24) is 10.6 Å². The molecule has 0 saturated heterocycles. The highest BCUT2D eigenvalue weighted by Gasteiger charge is 2.03. The summed E-state index contributed by atoms with van der Waals surface area (Å²) in [5.41, 5.74) is 3.50. The highest BCUT2D eigenvalue weighted by molar-refractivity contribution is 5.73. The van der Waals surface area contributed by atoms with Crippen LogP contribution in [0.2, 0.25) is 0 Å². The van der Waals surface area contributed by atoms with Crippen LogP contribution in [0.1, 0.15) is 49.3 Å². The molecule has 0 atom stereocenters. The summed E-state index contributed by atoms with van der Waals surface area (Å²) in [7, 11) is 0. The number of hydrogen-bond acceptors (Lipinski definition) is 3. The number of aryl methyl sites for hydroxylation is 2. The van der Waals surface area contributed by atoms with Crippen molar-refractivity contribution in [3.8, 4) is 0 Å². The van der Waals surface area contributed by atoms with E-state index in [1.165, 1.54) is 11.1 Å². The van der Waals surface area contributed by atoms with Gasteiger partial charge in [0.05, 0.1) is 6.61 Å². The van der Waals surface area contributed by atoms with Gasteiger partial charge in [-0.15, -0.1) is 0 Å². The van der Waals surface area contributed by atoms with E-state index < -0.39 is 0 Å². The van der Waals surface area contributed by atoms with Crippen LogP contribution in [0.25, 0.3) is 0 Å². The number of hydrogen-bond donors (Lipinski definition) is 2. The van der Waals surface area contributed by atoms with Crippen molar-refractivity contribution in [3.63, 3.8) is 0 Å². The maximum absolute atomic E-state index is 11.7. The van der Waals surface area contributed by atoms with Gasteiger partial charge in [-0.1, -0.05) is 35.7 Å². The molecule has 0 radical (unpaired) electrons. The molecule has 5 heteroatoms. The number of esters is 1. The van der Waals surface area contributed by atoms with E-state index in [9.17, 15) is 9.59 Å². The molecule has 23 heavy (non-hydrogen) atoms. The third kappa shape index (κ3) is 8.86. The van der Waals surface area contributed by atoms with Crippen LogP contribution < -0.4 is 10.6 Å². The molecule has 0 heterocycles. The molecule has 5 nitrogen and oxygen atoms in total. The van der Waals surface area contributed by atoms with Gasteiger partial charge in [0.25, 0.3) is 0 Å². The van der Waals surface area contributed by atoms with Crippen molar-refractivity contribution in [3.05, 3.63) is 34.9 Å². The third-order valence-corrected chi connectivity index (χ3v) is 3.38. The Bertz CT molecular complexity index is 495. The molecule has 1 rings (SSSR count). The topological polar surface area (TPSA) is 67.4 Å². The lowest BCUT2D eigenvalue weighted by Crippen LogP contribution is -2.35. The minimum atomic E-state index is -0.158. The zero-order valence-corrected chi connectivity index (χ0v) is 14.4. The number of ether oxygens (including phenoxy) is 1. The second-order valence-electron chi connectivity index (χ2n) is 5.72. The van der Waals surface area contributed by atoms with Crippen LogP contribution in [0.5, 0.6) is 0 Å². The van der Waals surface area contributed by atoms with Crippen molar-refractivity contribution in [2.45, 2.75) is 53.0 Å². The Hall–Kier alpha value is -2.04. The molecule has 0 aliphatic carbocycles. The van der Waals surface area contributed by atoms with Crippen molar-refractivity contribution >= 4 is 12.0 Å². The number of nitrogens with one attached hydrogen (secondary N) is 2. The summed E-state index contributed by atoms with van der Waals surface area (Å²) in [6.45, 7) is 7.47. The van der Waals surface area contributed by atoms with Gasteiger partial charge in [-0.05, 0) is 39.2 Å². The monoisotopic (exact) mass is 320 g/mol. The summed E-state index contributed by atoms with van der Waals surface area (Å²) < 4.78 is 4.86. The summed E-state index contributed by atoms with van der Waals surface area (Å²) in [4.78, 5) is 22.9. The first kappa shape index (κ1) is 19.0. The van der Waals surface area contributed by atoms with E-state index in [-0.39, 0.29) is 12.0 Å². The Balaban J connectivity index is 2.09. The number of rotatable bonds is 9. The summed E-state index contributed by atoms with van der Waals surface area (Å²) in [5.74, 6) is -0.147. The lowest BCUT2D eigenvalue weighted by Gasteiger charge is -2.09. The quantitative estimate of drug-likeness (QED) is 0.542. The fourth-order valence-electron chi connectivity index (χ4n) is 2.42. The molecular weight excluding hydrogens is 292 g/mol. The van der Waals surface area contributed by atoms with Gasteiger partial charge in [0.1, 0.15) is 0 Å². The summed E-state index contributed by atoms with van der Waals surface area (Å²) in [5, 5.41) is 5.68. The molecule has 0 bridgehead atoms. The molecule has 128 valence electrons. The van der Waals surface area contributed by atoms with Gasteiger partial charge in [0, 0.05) is 19.5 Å². The van der Waals surface area contributed by atoms with Gasteiger partial charge in [-0.25, -0.2) is 4.79 Å². The van der Waals surface area contributed by atoms with Gasteiger partial charge in [0.15, 0.2) is 0 Å². The Morgan fingerprint density at radius 1 is 1.00 bits per heavy atom. The van der Waals surface area contributed by atoms with Crippen LogP contribution in [0.3, 0.4) is 0 Å². The van der Waals surface area contributed by atoms with Crippen molar-refractivity contribution in [2.24, 2.45) is 0 Å². The highest BCUT2D eigenvalue weighted by Crippen LogP contribution is 2.08. The SMILES string of the molecule is CCOC(=O)CCCCCNC(=O)NCc1cc(C)cc(C)c1. The lowest BCUT2D eigenvalue weighted by atomic mass is 10.1. The molecule has 2 amide bonds. The first-order valence-corrected chi connectivity index (χ1v) is 8.25. The smallest absolute Gasteiger partial charge is 0.315 e. The minimum absolute atomic E-state index is 0.147. The number of amides is 2. The van der Waals surface area contributed by atoms with Crippen LogP contribution in [-0.4, -0.2) is 25.2 Å². The van der Waals surface area contributed by atoms with Crippen LogP contribution in [0.4, 0.5) is 4.79 Å². The zero-order chi connectivity index (χ0) is 17.1. The molecule has 0 spiro atoms. The Labute approximate surface area is 138 Å². The number of benzene rings is 1. The molecule has 0 aliphatic heterocycles. The first-order valence-electron chi connectivity index (χ1n) is 8.25. The molecule has 0 aliphatic rings. The van der Waals surface area contributed by atoms with E-state index >= 15 is 0 Å². The van der Waals surface area contributed by atoms with E-state index in [2.05, 4.69) is 28.8 Å². The lowest BCUT2D eigenvalue weighted by molar-refractivity contribution is -0.143. The van der Waals surface area contributed by atoms with E-state index in [1.54, 1.807) is 6.92 Å². The number of carbonyl (C=O) groups excluding carboxylic acids is 2. The predicted molar refractivity (Wildman–Crippen MR) is 91.3 cm³/mol. The maximum atomic E-state index is 11.7. The van der Waals surface area contributed by atoms with Gasteiger partial charge < -0.3 is 15.4 Å². The number of carbonyl (C=O) groups is 2. The van der Waals surface area contributed by atoms with Gasteiger partial charge in [0.2, 0.25) is 0 Å². The van der Waals surface area contributed by atoms with Crippen LogP contribution >= 0.6 is 0 Å². The number of urea groups is 1. The van der Waals surface area contributed by atoms with Gasteiger partial charge in [-0.3, -0.25) is 4.79 Å². The Kier molecular flexibility index (Phi) is 8.80. The van der Waals surface area contributed by atoms with Crippen LogP contribution in [0.15, 0.2) is 18.2 Å². The fourth-order valence-corrected chi connectivity index (χ4v) is 2.42. The molecule has 0 unspecified atom stereocenters. The normalized spacial score (nSPS) is 10.2. The second-order valence-corrected chi connectivity index (χ2v) is 5.72. The zero-order valence-electron chi connectivity index (χ0n) is 14.4. The standard InChI is InChI=1S/C18H28N2O3/c1-4-23-17(21)8-6-5-7-9-19-18(22)20-13-16-11-14(2)10-15(3)12-16/h10-12H,4-9,13H2,1-3H3,(H2,19,20,22). The van der Waals surface area contributed by atoms with Crippen LogP contribution in [-0.2, 0) is 16.1 Å². The number of unbranched alkanes of at least 4 members (excludes halogenated alkanes) is 2. The Morgan fingerprint density at radius 2 is 1.70 bits per heavy atom. The fraction of sp³-hybridized carbons (Fsp3) is 0.556. The second kappa shape index (κ2) is 10.6. The molecule has 0 saturated carbocycles. The average Bonchev–Trinajstić information content (AvgIpc) is 2.48. The summed E-state index contributed by atoms with van der Waals surface area (Å²) >= 11 is 0. The van der Waals surface area contributed by atoms with Crippen molar-refractivity contribution in [1.29, 1.82) is 0 Å². The van der Waals surface area contributed by atoms with Crippen LogP contribution in [0, 0.1) is 13.8 Å². The third-order valence-electron chi connectivity index (χ3n) is 3.38. The molecule has 2 N–H and O–H groups in total. The van der Waals surface area contributed by atoms with Crippen molar-refractivity contribution < 1.29 is 14.3 Å². The first-order chi connectivity index (χ1) is 11.0. The van der Waals surface area contributed by atoms with Gasteiger partial charge >= 0.3 is 12.0 Å². The van der Waals surface area contributed by atoms with Crippen molar-refractivity contribution in [2.75, 3.05) is 13.2 Å².